The van der Waals surface area contributed by atoms with E-state index < -0.39 is 4.92 Å². The van der Waals surface area contributed by atoms with Crippen LogP contribution >= 0.6 is 0 Å². The smallest absolute Gasteiger partial charge is 0.292 e. The van der Waals surface area contributed by atoms with Crippen molar-refractivity contribution >= 4 is 11.4 Å². The van der Waals surface area contributed by atoms with Crippen molar-refractivity contribution < 1.29 is 4.92 Å². The van der Waals surface area contributed by atoms with Crippen LogP contribution in [0.15, 0.2) is 18.2 Å². The van der Waals surface area contributed by atoms with E-state index >= 15 is 0 Å². The van der Waals surface area contributed by atoms with Crippen LogP contribution in [0, 0.1) is 10.1 Å². The van der Waals surface area contributed by atoms with Crippen LogP contribution in [0.25, 0.3) is 0 Å². The zero-order chi connectivity index (χ0) is 13.8. The Labute approximate surface area is 113 Å². The third-order valence-corrected chi connectivity index (χ3v) is 3.92. The van der Waals surface area contributed by atoms with Crippen LogP contribution in [-0.4, -0.2) is 22.4 Å². The average Bonchev–Trinajstić information content (AvgIpc) is 2.91. The van der Waals surface area contributed by atoms with E-state index in [-0.39, 0.29) is 11.4 Å². The van der Waals surface area contributed by atoms with Crippen molar-refractivity contribution in [3.8, 4) is 0 Å². The summed E-state index contributed by atoms with van der Waals surface area (Å²) in [5, 5.41) is 10.9. The van der Waals surface area contributed by atoms with Crippen LogP contribution in [-0.2, 0) is 6.54 Å². The molecule has 0 unspecified atom stereocenters. The molecule has 0 aromatic heterocycles. The summed E-state index contributed by atoms with van der Waals surface area (Å²) in [7, 11) is 0. The van der Waals surface area contributed by atoms with Gasteiger partial charge in [-0.3, -0.25) is 15.0 Å². The Balaban J connectivity index is 2.12. The van der Waals surface area contributed by atoms with Crippen LogP contribution in [0.1, 0.15) is 38.2 Å². The van der Waals surface area contributed by atoms with Crippen LogP contribution < -0.4 is 5.73 Å². The number of rotatable bonds is 5. The second kappa shape index (κ2) is 6.02. The molecule has 0 radical (unpaired) electrons. The molecule has 0 amide bonds. The number of nitro benzene ring substituents is 1. The lowest BCUT2D eigenvalue weighted by Crippen LogP contribution is -2.32. The zero-order valence-electron chi connectivity index (χ0n) is 11.3. The number of benzene rings is 1. The van der Waals surface area contributed by atoms with Gasteiger partial charge in [-0.05, 0) is 31.0 Å². The summed E-state index contributed by atoms with van der Waals surface area (Å²) in [4.78, 5) is 12.9. The molecule has 0 aliphatic heterocycles. The van der Waals surface area contributed by atoms with Gasteiger partial charge in [-0.1, -0.05) is 25.8 Å². The molecule has 0 bridgehead atoms. The standard InChI is InChI=1S/C14H21N3O2/c1-2-16(12-5-3-4-6-12)10-11-7-8-13(15)14(9-11)17(18)19/h7-9,12H,2-6,10,15H2,1H3. The van der Waals surface area contributed by atoms with E-state index in [1.165, 1.54) is 25.7 Å². The highest BCUT2D eigenvalue weighted by Gasteiger charge is 2.22. The summed E-state index contributed by atoms with van der Waals surface area (Å²) in [6.45, 7) is 3.88. The molecule has 1 aliphatic carbocycles. The molecule has 0 spiro atoms. The molecular formula is C14H21N3O2. The summed E-state index contributed by atoms with van der Waals surface area (Å²) in [5.74, 6) is 0. The van der Waals surface area contributed by atoms with E-state index in [9.17, 15) is 10.1 Å². The first kappa shape index (κ1) is 13.8. The number of nitrogens with two attached hydrogens (primary N) is 1. The third kappa shape index (κ3) is 3.23. The second-order valence-electron chi connectivity index (χ2n) is 5.15. The van der Waals surface area contributed by atoms with Gasteiger partial charge in [0.2, 0.25) is 0 Å². The van der Waals surface area contributed by atoms with Gasteiger partial charge in [-0.2, -0.15) is 0 Å². The van der Waals surface area contributed by atoms with Crippen molar-refractivity contribution in [2.75, 3.05) is 12.3 Å². The molecule has 5 heteroatoms. The Hall–Kier alpha value is -1.62. The highest BCUT2D eigenvalue weighted by Crippen LogP contribution is 2.27. The molecule has 1 aromatic rings. The van der Waals surface area contributed by atoms with Gasteiger partial charge in [-0.25, -0.2) is 0 Å². The maximum Gasteiger partial charge on any atom is 0.292 e. The minimum Gasteiger partial charge on any atom is -0.393 e. The Bertz CT molecular complexity index is 456. The van der Waals surface area contributed by atoms with Crippen molar-refractivity contribution in [1.82, 2.24) is 4.90 Å². The lowest BCUT2D eigenvalue weighted by atomic mass is 10.1. The molecule has 19 heavy (non-hydrogen) atoms. The number of anilines is 1. The minimum absolute atomic E-state index is 0.0139. The van der Waals surface area contributed by atoms with Gasteiger partial charge in [0.15, 0.2) is 0 Å². The SMILES string of the molecule is CCN(Cc1ccc(N)c([N+](=O)[O-])c1)C1CCCC1. The van der Waals surface area contributed by atoms with Gasteiger partial charge in [0.1, 0.15) is 5.69 Å². The maximum atomic E-state index is 10.9. The van der Waals surface area contributed by atoms with Gasteiger partial charge < -0.3 is 5.73 Å². The van der Waals surface area contributed by atoms with Crippen LogP contribution in [0.5, 0.6) is 0 Å². The van der Waals surface area contributed by atoms with Gasteiger partial charge in [0.05, 0.1) is 4.92 Å². The zero-order valence-corrected chi connectivity index (χ0v) is 11.3. The Morgan fingerprint density at radius 3 is 2.68 bits per heavy atom. The van der Waals surface area contributed by atoms with E-state index in [2.05, 4.69) is 11.8 Å². The molecule has 2 N–H and O–H groups in total. The molecular weight excluding hydrogens is 242 g/mol. The third-order valence-electron chi connectivity index (χ3n) is 3.92. The Morgan fingerprint density at radius 1 is 1.42 bits per heavy atom. The Morgan fingerprint density at radius 2 is 2.11 bits per heavy atom. The van der Waals surface area contributed by atoms with Crippen LogP contribution in [0.2, 0.25) is 0 Å². The number of nitrogens with zero attached hydrogens (tertiary/aromatic N) is 2. The number of hydrogen-bond acceptors (Lipinski definition) is 4. The summed E-state index contributed by atoms with van der Waals surface area (Å²) >= 11 is 0. The molecule has 1 saturated carbocycles. The minimum atomic E-state index is -0.412. The lowest BCUT2D eigenvalue weighted by molar-refractivity contribution is -0.384. The molecule has 0 atom stereocenters. The number of hydrogen-bond donors (Lipinski definition) is 1. The predicted molar refractivity (Wildman–Crippen MR) is 75.8 cm³/mol. The monoisotopic (exact) mass is 263 g/mol. The van der Waals surface area contributed by atoms with E-state index in [1.54, 1.807) is 12.1 Å². The van der Waals surface area contributed by atoms with E-state index in [0.29, 0.717) is 6.04 Å². The first-order chi connectivity index (χ1) is 9.11. The molecule has 2 rings (SSSR count). The summed E-state index contributed by atoms with van der Waals surface area (Å²) in [5.41, 5.74) is 6.84. The molecule has 1 aliphatic rings. The van der Waals surface area contributed by atoms with Gasteiger partial charge in [0.25, 0.3) is 5.69 Å². The fourth-order valence-corrected chi connectivity index (χ4v) is 2.85. The largest absolute Gasteiger partial charge is 0.393 e. The van der Waals surface area contributed by atoms with Crippen molar-refractivity contribution in [2.24, 2.45) is 0 Å². The topological polar surface area (TPSA) is 72.4 Å². The van der Waals surface area contributed by atoms with Crippen molar-refractivity contribution in [3.63, 3.8) is 0 Å². The fraction of sp³-hybridized carbons (Fsp3) is 0.571. The van der Waals surface area contributed by atoms with E-state index in [1.807, 2.05) is 6.07 Å². The van der Waals surface area contributed by atoms with Gasteiger partial charge in [-0.15, -0.1) is 0 Å². The summed E-state index contributed by atoms with van der Waals surface area (Å²) in [6.07, 6.45) is 5.07. The number of nitrogen functional groups attached to an aromatic ring is 1. The summed E-state index contributed by atoms with van der Waals surface area (Å²) in [6, 6.07) is 5.75. The molecule has 104 valence electrons. The van der Waals surface area contributed by atoms with Gasteiger partial charge >= 0.3 is 0 Å². The molecule has 1 aromatic carbocycles. The van der Waals surface area contributed by atoms with Crippen LogP contribution in [0.3, 0.4) is 0 Å². The quantitative estimate of drug-likeness (QED) is 0.503. The van der Waals surface area contributed by atoms with Crippen molar-refractivity contribution in [3.05, 3.63) is 33.9 Å². The average molecular weight is 263 g/mol. The highest BCUT2D eigenvalue weighted by molar-refractivity contribution is 5.59. The van der Waals surface area contributed by atoms with Crippen molar-refractivity contribution in [1.29, 1.82) is 0 Å². The van der Waals surface area contributed by atoms with Gasteiger partial charge in [0, 0.05) is 18.7 Å². The molecule has 0 saturated heterocycles. The van der Waals surface area contributed by atoms with E-state index in [4.69, 9.17) is 5.73 Å². The fourth-order valence-electron chi connectivity index (χ4n) is 2.85. The second-order valence-corrected chi connectivity index (χ2v) is 5.15. The highest BCUT2D eigenvalue weighted by atomic mass is 16.6. The summed E-state index contributed by atoms with van der Waals surface area (Å²) < 4.78 is 0. The molecule has 1 fully saturated rings. The number of nitro groups is 1. The lowest BCUT2D eigenvalue weighted by Gasteiger charge is -2.27. The normalized spacial score (nSPS) is 16.1. The van der Waals surface area contributed by atoms with Crippen molar-refractivity contribution in [2.45, 2.75) is 45.2 Å². The maximum absolute atomic E-state index is 10.9. The first-order valence-corrected chi connectivity index (χ1v) is 6.88. The molecule has 5 nitrogen and oxygen atoms in total. The molecule has 0 heterocycles. The first-order valence-electron chi connectivity index (χ1n) is 6.88. The van der Waals surface area contributed by atoms with Crippen LogP contribution in [0.4, 0.5) is 11.4 Å². The predicted octanol–water partition coefficient (Wildman–Crippen LogP) is 2.94. The van der Waals surface area contributed by atoms with E-state index in [0.717, 1.165) is 18.7 Å². The Kier molecular flexibility index (Phi) is 4.37.